The molecule has 0 bridgehead atoms. The van der Waals surface area contributed by atoms with Gasteiger partial charge in [0.05, 0.1) is 6.10 Å². The number of fused-ring (bicyclic) bond motifs is 1. The summed E-state index contributed by atoms with van der Waals surface area (Å²) in [6.45, 7) is -0.205. The highest BCUT2D eigenvalue weighted by molar-refractivity contribution is 5.79. The van der Waals surface area contributed by atoms with Crippen LogP contribution in [0.5, 0.6) is 0 Å². The van der Waals surface area contributed by atoms with Gasteiger partial charge in [0.1, 0.15) is 11.6 Å². The molecule has 0 N–H and O–H groups in total. The van der Waals surface area contributed by atoms with Crippen LogP contribution in [0.1, 0.15) is 68.9 Å². The van der Waals surface area contributed by atoms with Gasteiger partial charge in [-0.25, -0.2) is 0 Å². The molecule has 0 aromatic carbocycles. The molecule has 3 aliphatic rings. The number of carbonyl (C=O) groups excluding carboxylic acids is 1. The Labute approximate surface area is 158 Å². The van der Waals surface area contributed by atoms with Gasteiger partial charge in [0.2, 0.25) is 5.91 Å². The summed E-state index contributed by atoms with van der Waals surface area (Å²) in [5.41, 5.74) is 0. The number of likely N-dealkylation sites (tertiary alicyclic amines) is 1. The van der Waals surface area contributed by atoms with Crippen LogP contribution < -0.4 is 0 Å². The number of rotatable bonds is 4. The van der Waals surface area contributed by atoms with Gasteiger partial charge in [-0.05, 0) is 51.4 Å². The third kappa shape index (κ3) is 4.15. The van der Waals surface area contributed by atoms with Crippen molar-refractivity contribution in [3.63, 3.8) is 0 Å². The minimum atomic E-state index is -2.72. The van der Waals surface area contributed by atoms with Crippen molar-refractivity contribution < 1.29 is 18.3 Å². The van der Waals surface area contributed by atoms with E-state index in [9.17, 15) is 13.6 Å². The summed E-state index contributed by atoms with van der Waals surface area (Å²) in [5, 5.41) is 8.80. The molecule has 2 aliphatic heterocycles. The second kappa shape index (κ2) is 8.20. The van der Waals surface area contributed by atoms with Gasteiger partial charge in [-0.15, -0.1) is 10.2 Å². The molecule has 1 aromatic rings. The van der Waals surface area contributed by atoms with Gasteiger partial charge in [-0.1, -0.05) is 0 Å². The molecule has 1 saturated carbocycles. The van der Waals surface area contributed by atoms with Crippen molar-refractivity contribution >= 4 is 5.91 Å². The number of halogens is 2. The molecular formula is C19H28F2N4O2. The number of alkyl halides is 2. The summed E-state index contributed by atoms with van der Waals surface area (Å²) in [7, 11) is 0. The lowest BCUT2D eigenvalue weighted by Gasteiger charge is -2.36. The first kappa shape index (κ1) is 18.8. The molecule has 0 atom stereocenters. The number of hydrogen-bond acceptors (Lipinski definition) is 4. The Hall–Kier alpha value is -1.57. The molecule has 1 aliphatic carbocycles. The lowest BCUT2D eigenvalue weighted by atomic mass is 9.85. The molecule has 0 spiro atoms. The largest absolute Gasteiger partial charge is 0.345 e. The van der Waals surface area contributed by atoms with Crippen LogP contribution in [0.25, 0.3) is 0 Å². The molecule has 1 aromatic heterocycles. The normalized spacial score (nSPS) is 27.0. The molecule has 27 heavy (non-hydrogen) atoms. The Kier molecular flexibility index (Phi) is 5.71. The maximum absolute atomic E-state index is 12.8. The van der Waals surface area contributed by atoms with Crippen LogP contribution in [-0.4, -0.2) is 51.4 Å². The highest BCUT2D eigenvalue weighted by Gasteiger charge is 2.34. The van der Waals surface area contributed by atoms with Crippen LogP contribution in [0.2, 0.25) is 0 Å². The van der Waals surface area contributed by atoms with E-state index in [0.717, 1.165) is 50.5 Å². The Morgan fingerprint density at radius 2 is 1.74 bits per heavy atom. The van der Waals surface area contributed by atoms with E-state index in [1.807, 2.05) is 4.90 Å². The fraction of sp³-hybridized carbons (Fsp3) is 0.842. The smallest absolute Gasteiger partial charge is 0.342 e. The molecule has 6 nitrogen and oxygen atoms in total. The van der Waals surface area contributed by atoms with E-state index >= 15 is 0 Å². The van der Waals surface area contributed by atoms with Gasteiger partial charge in [0.15, 0.2) is 0 Å². The quantitative estimate of drug-likeness (QED) is 0.803. The van der Waals surface area contributed by atoms with Gasteiger partial charge in [-0.3, -0.25) is 4.79 Å². The highest BCUT2D eigenvalue weighted by Crippen LogP contribution is 2.32. The van der Waals surface area contributed by atoms with Crippen molar-refractivity contribution in [2.24, 2.45) is 5.92 Å². The van der Waals surface area contributed by atoms with E-state index in [2.05, 4.69) is 19.5 Å². The highest BCUT2D eigenvalue weighted by atomic mass is 19.3. The topological polar surface area (TPSA) is 60.2 Å². The second-order valence-corrected chi connectivity index (χ2v) is 8.05. The summed E-state index contributed by atoms with van der Waals surface area (Å²) >= 11 is 0. The van der Waals surface area contributed by atoms with Gasteiger partial charge < -0.3 is 14.2 Å². The van der Waals surface area contributed by atoms with E-state index in [1.165, 1.54) is 12.8 Å². The number of amides is 1. The Morgan fingerprint density at radius 1 is 1.00 bits per heavy atom. The van der Waals surface area contributed by atoms with Gasteiger partial charge >= 0.3 is 6.61 Å². The molecule has 0 unspecified atom stereocenters. The second-order valence-electron chi connectivity index (χ2n) is 8.05. The predicted octanol–water partition coefficient (Wildman–Crippen LogP) is 3.12. The van der Waals surface area contributed by atoms with Crippen molar-refractivity contribution in [1.29, 1.82) is 0 Å². The fourth-order valence-electron chi connectivity index (χ4n) is 4.84. The van der Waals surface area contributed by atoms with Crippen molar-refractivity contribution in [2.45, 2.75) is 83.0 Å². The lowest BCUT2D eigenvalue weighted by Crippen LogP contribution is -2.43. The van der Waals surface area contributed by atoms with Crippen molar-refractivity contribution in [3.05, 3.63) is 11.6 Å². The lowest BCUT2D eigenvalue weighted by molar-refractivity contribution is -0.173. The number of aryl methyl sites for hydroxylation is 1. The Balaban J connectivity index is 1.28. The van der Waals surface area contributed by atoms with Gasteiger partial charge in [0, 0.05) is 37.9 Å². The first-order valence-corrected chi connectivity index (χ1v) is 10.3. The number of hydrogen-bond donors (Lipinski definition) is 0. The SMILES string of the molecule is O=C(C1CCC(OC(F)F)CC1)N1CCC(c2nnc3n2CCCC3)CC1. The molecule has 3 heterocycles. The summed E-state index contributed by atoms with van der Waals surface area (Å²) in [6, 6.07) is 0. The third-order valence-electron chi connectivity index (χ3n) is 6.38. The van der Waals surface area contributed by atoms with Crippen molar-refractivity contribution in [3.8, 4) is 0 Å². The zero-order chi connectivity index (χ0) is 18.8. The molecule has 1 amide bonds. The van der Waals surface area contributed by atoms with Gasteiger partial charge in [-0.2, -0.15) is 8.78 Å². The first-order valence-electron chi connectivity index (χ1n) is 10.3. The number of ether oxygens (including phenoxy) is 1. The first-order chi connectivity index (χ1) is 13.1. The summed E-state index contributed by atoms with van der Waals surface area (Å²) < 4.78 is 31.5. The van der Waals surface area contributed by atoms with Crippen LogP contribution >= 0.6 is 0 Å². The van der Waals surface area contributed by atoms with E-state index < -0.39 is 12.7 Å². The molecule has 8 heteroatoms. The average Bonchev–Trinajstić information content (AvgIpc) is 3.12. The van der Waals surface area contributed by atoms with E-state index in [4.69, 9.17) is 0 Å². The molecular weight excluding hydrogens is 354 g/mol. The van der Waals surface area contributed by atoms with E-state index in [-0.39, 0.29) is 11.8 Å². The van der Waals surface area contributed by atoms with Crippen LogP contribution in [0, 0.1) is 5.92 Å². The number of nitrogens with zero attached hydrogens (tertiary/aromatic N) is 4. The van der Waals surface area contributed by atoms with Crippen molar-refractivity contribution in [1.82, 2.24) is 19.7 Å². The maximum atomic E-state index is 12.8. The Bertz CT molecular complexity index is 650. The van der Waals surface area contributed by atoms with E-state index in [1.54, 1.807) is 0 Å². The zero-order valence-electron chi connectivity index (χ0n) is 15.7. The number of carbonyl (C=O) groups is 1. The predicted molar refractivity (Wildman–Crippen MR) is 94.4 cm³/mol. The molecule has 1 saturated heterocycles. The standard InChI is InChI=1S/C19H28F2N4O2/c20-19(21)27-15-6-4-14(5-7-15)18(26)24-11-8-13(9-12-24)17-23-22-16-3-1-2-10-25(16)17/h13-15,19H,1-12H2. The van der Waals surface area contributed by atoms with Crippen LogP contribution in [0.15, 0.2) is 0 Å². The zero-order valence-corrected chi connectivity index (χ0v) is 15.7. The third-order valence-corrected chi connectivity index (χ3v) is 6.38. The van der Waals surface area contributed by atoms with Crippen LogP contribution in [0.4, 0.5) is 8.78 Å². The maximum Gasteiger partial charge on any atom is 0.345 e. The number of piperidine rings is 1. The van der Waals surface area contributed by atoms with Crippen molar-refractivity contribution in [2.75, 3.05) is 13.1 Å². The minimum Gasteiger partial charge on any atom is -0.342 e. The average molecular weight is 382 g/mol. The van der Waals surface area contributed by atoms with Crippen LogP contribution in [0.3, 0.4) is 0 Å². The fourth-order valence-corrected chi connectivity index (χ4v) is 4.84. The van der Waals surface area contributed by atoms with E-state index in [0.29, 0.717) is 31.6 Å². The molecule has 150 valence electrons. The van der Waals surface area contributed by atoms with Gasteiger partial charge in [0.25, 0.3) is 0 Å². The molecule has 0 radical (unpaired) electrons. The molecule has 2 fully saturated rings. The summed E-state index contributed by atoms with van der Waals surface area (Å²) in [5.74, 6) is 2.73. The summed E-state index contributed by atoms with van der Waals surface area (Å²) in [6.07, 6.45) is 7.22. The number of aromatic nitrogens is 3. The summed E-state index contributed by atoms with van der Waals surface area (Å²) in [4.78, 5) is 14.8. The minimum absolute atomic E-state index is 0.0417. The monoisotopic (exact) mass is 382 g/mol. The Morgan fingerprint density at radius 3 is 2.44 bits per heavy atom. The molecule has 4 rings (SSSR count). The van der Waals surface area contributed by atoms with Crippen LogP contribution in [-0.2, 0) is 22.5 Å².